The maximum Gasteiger partial charge on any atom is 0.213 e. The summed E-state index contributed by atoms with van der Waals surface area (Å²) in [6, 6.07) is 6.81. The van der Waals surface area contributed by atoms with E-state index >= 15 is 0 Å². The molecule has 0 bridgehead atoms. The Labute approximate surface area is 77.6 Å². The Morgan fingerprint density at radius 2 is 2.00 bits per heavy atom. The highest BCUT2D eigenvalue weighted by molar-refractivity contribution is 7.88. The van der Waals surface area contributed by atoms with E-state index in [-0.39, 0.29) is 5.75 Å². The summed E-state index contributed by atoms with van der Waals surface area (Å²) in [6.45, 7) is 0. The third kappa shape index (κ3) is 2.90. The lowest BCUT2D eigenvalue weighted by Crippen LogP contribution is -2.15. The van der Waals surface area contributed by atoms with Crippen LogP contribution in [-0.4, -0.2) is 8.42 Å². The second-order valence-electron chi connectivity index (χ2n) is 2.61. The van der Waals surface area contributed by atoms with E-state index in [0.717, 1.165) is 0 Å². The molecule has 13 heavy (non-hydrogen) atoms. The van der Waals surface area contributed by atoms with Crippen LogP contribution in [0.1, 0.15) is 11.1 Å². The van der Waals surface area contributed by atoms with Gasteiger partial charge in [0, 0.05) is 5.56 Å². The van der Waals surface area contributed by atoms with Crippen molar-refractivity contribution in [2.24, 2.45) is 5.14 Å². The van der Waals surface area contributed by atoms with Gasteiger partial charge >= 0.3 is 0 Å². The first-order chi connectivity index (χ1) is 6.03. The lowest BCUT2D eigenvalue weighted by atomic mass is 10.1. The predicted octanol–water partition coefficient (Wildman–Crippen LogP) is 0.456. The van der Waals surface area contributed by atoms with E-state index in [1.165, 1.54) is 0 Å². The third-order valence-corrected chi connectivity index (χ3v) is 2.24. The van der Waals surface area contributed by atoms with E-state index in [2.05, 4.69) is 5.92 Å². The smallest absolute Gasteiger partial charge is 0.213 e. The Kier molecular flexibility index (Phi) is 2.71. The molecule has 2 N–H and O–H groups in total. The van der Waals surface area contributed by atoms with E-state index in [1.54, 1.807) is 24.3 Å². The summed E-state index contributed by atoms with van der Waals surface area (Å²) < 4.78 is 21.6. The van der Waals surface area contributed by atoms with Crippen molar-refractivity contribution in [2.75, 3.05) is 0 Å². The quantitative estimate of drug-likeness (QED) is 0.697. The number of terminal acetylenes is 1. The molecule has 0 atom stereocenters. The van der Waals surface area contributed by atoms with Gasteiger partial charge in [0.2, 0.25) is 10.0 Å². The molecule has 0 aliphatic heterocycles. The minimum Gasteiger partial charge on any atom is -0.228 e. The highest BCUT2D eigenvalue weighted by Gasteiger charge is 2.07. The summed E-state index contributed by atoms with van der Waals surface area (Å²) in [4.78, 5) is 0. The number of nitrogens with two attached hydrogens (primary N) is 1. The summed E-state index contributed by atoms with van der Waals surface area (Å²) in [5, 5.41) is 4.89. The molecule has 0 radical (unpaired) electrons. The number of hydrogen-bond donors (Lipinski definition) is 1. The van der Waals surface area contributed by atoms with Gasteiger partial charge in [-0.15, -0.1) is 6.42 Å². The Balaban J connectivity index is 3.10. The maximum atomic E-state index is 10.8. The fourth-order valence-corrected chi connectivity index (χ4v) is 1.69. The van der Waals surface area contributed by atoms with Gasteiger partial charge in [-0.2, -0.15) is 0 Å². The van der Waals surface area contributed by atoms with Crippen molar-refractivity contribution >= 4 is 10.0 Å². The molecular weight excluding hydrogens is 186 g/mol. The van der Waals surface area contributed by atoms with Crippen LogP contribution in [0, 0.1) is 12.3 Å². The lowest BCUT2D eigenvalue weighted by Gasteiger charge is -2.01. The molecule has 0 aliphatic carbocycles. The standard InChI is InChI=1S/C9H9NO2S/c1-2-8-5-3-4-6-9(8)7-13(10,11)12/h1,3-6H,7H2,(H2,10,11,12). The monoisotopic (exact) mass is 195 g/mol. The molecule has 0 aromatic heterocycles. The van der Waals surface area contributed by atoms with Crippen LogP contribution in [0.2, 0.25) is 0 Å². The van der Waals surface area contributed by atoms with Crippen LogP contribution < -0.4 is 5.14 Å². The lowest BCUT2D eigenvalue weighted by molar-refractivity contribution is 0.597. The molecule has 3 nitrogen and oxygen atoms in total. The largest absolute Gasteiger partial charge is 0.228 e. The second-order valence-corrected chi connectivity index (χ2v) is 4.22. The molecule has 68 valence electrons. The van der Waals surface area contributed by atoms with Gasteiger partial charge in [0.05, 0.1) is 5.75 Å². The summed E-state index contributed by atoms with van der Waals surface area (Å²) in [5.74, 6) is 2.18. The van der Waals surface area contributed by atoms with Crippen LogP contribution in [0.4, 0.5) is 0 Å². The summed E-state index contributed by atoms with van der Waals surface area (Å²) in [5.41, 5.74) is 1.13. The average Bonchev–Trinajstić information content (AvgIpc) is 2.02. The summed E-state index contributed by atoms with van der Waals surface area (Å²) in [6.07, 6.45) is 5.18. The van der Waals surface area contributed by atoms with Gasteiger partial charge in [-0.25, -0.2) is 13.6 Å². The average molecular weight is 195 g/mol. The fourth-order valence-electron chi connectivity index (χ4n) is 1.00. The van der Waals surface area contributed by atoms with Crippen molar-refractivity contribution in [3.63, 3.8) is 0 Å². The maximum absolute atomic E-state index is 10.8. The highest BCUT2D eigenvalue weighted by Crippen LogP contribution is 2.09. The molecule has 0 fully saturated rings. The second kappa shape index (κ2) is 3.60. The number of benzene rings is 1. The SMILES string of the molecule is C#Cc1ccccc1CS(N)(=O)=O. The molecule has 0 saturated carbocycles. The van der Waals surface area contributed by atoms with Crippen molar-refractivity contribution in [2.45, 2.75) is 5.75 Å². The minimum atomic E-state index is -3.51. The first-order valence-electron chi connectivity index (χ1n) is 3.58. The molecular formula is C9H9NO2S. The topological polar surface area (TPSA) is 60.2 Å². The van der Waals surface area contributed by atoms with Gasteiger partial charge < -0.3 is 0 Å². The molecule has 0 amide bonds. The van der Waals surface area contributed by atoms with Crippen molar-refractivity contribution < 1.29 is 8.42 Å². The molecule has 0 heterocycles. The number of sulfonamides is 1. The third-order valence-electron chi connectivity index (χ3n) is 1.53. The van der Waals surface area contributed by atoms with Crippen molar-refractivity contribution in [3.05, 3.63) is 35.4 Å². The Morgan fingerprint density at radius 3 is 2.54 bits per heavy atom. The van der Waals surface area contributed by atoms with Crippen LogP contribution in [-0.2, 0) is 15.8 Å². The van der Waals surface area contributed by atoms with Crippen LogP contribution in [0.3, 0.4) is 0 Å². The van der Waals surface area contributed by atoms with Gasteiger partial charge in [-0.3, -0.25) is 0 Å². The number of rotatable bonds is 2. The minimum absolute atomic E-state index is 0.215. The molecule has 0 unspecified atom stereocenters. The predicted molar refractivity (Wildman–Crippen MR) is 51.2 cm³/mol. The molecule has 0 spiro atoms. The van der Waals surface area contributed by atoms with Crippen LogP contribution >= 0.6 is 0 Å². The summed E-state index contributed by atoms with van der Waals surface area (Å²) in [7, 11) is -3.51. The number of hydrogen-bond acceptors (Lipinski definition) is 2. The first kappa shape index (κ1) is 9.78. The molecule has 1 aromatic carbocycles. The van der Waals surface area contributed by atoms with E-state index in [9.17, 15) is 8.42 Å². The number of primary sulfonamides is 1. The first-order valence-corrected chi connectivity index (χ1v) is 5.29. The van der Waals surface area contributed by atoms with Crippen LogP contribution in [0.25, 0.3) is 0 Å². The molecule has 4 heteroatoms. The van der Waals surface area contributed by atoms with Gasteiger partial charge in [-0.1, -0.05) is 24.1 Å². The Morgan fingerprint density at radius 1 is 1.38 bits per heavy atom. The zero-order chi connectivity index (χ0) is 9.90. The van der Waals surface area contributed by atoms with Gasteiger partial charge in [0.15, 0.2) is 0 Å². The molecule has 1 rings (SSSR count). The van der Waals surface area contributed by atoms with E-state index in [1.807, 2.05) is 0 Å². The van der Waals surface area contributed by atoms with Crippen molar-refractivity contribution in [3.8, 4) is 12.3 Å². The van der Waals surface area contributed by atoms with E-state index < -0.39 is 10.0 Å². The molecule has 1 aromatic rings. The van der Waals surface area contributed by atoms with Gasteiger partial charge in [0.1, 0.15) is 0 Å². The Hall–Kier alpha value is -1.31. The van der Waals surface area contributed by atoms with Gasteiger partial charge in [-0.05, 0) is 11.6 Å². The molecule has 0 aliphatic rings. The fraction of sp³-hybridized carbons (Fsp3) is 0.111. The Bertz CT molecular complexity index is 443. The van der Waals surface area contributed by atoms with Crippen molar-refractivity contribution in [1.29, 1.82) is 0 Å². The zero-order valence-electron chi connectivity index (χ0n) is 6.90. The van der Waals surface area contributed by atoms with E-state index in [0.29, 0.717) is 11.1 Å². The zero-order valence-corrected chi connectivity index (χ0v) is 7.71. The van der Waals surface area contributed by atoms with Crippen LogP contribution in [0.15, 0.2) is 24.3 Å². The van der Waals surface area contributed by atoms with Crippen molar-refractivity contribution in [1.82, 2.24) is 0 Å². The summed E-state index contributed by atoms with van der Waals surface area (Å²) >= 11 is 0. The normalized spacial score (nSPS) is 10.8. The van der Waals surface area contributed by atoms with Crippen LogP contribution in [0.5, 0.6) is 0 Å². The van der Waals surface area contributed by atoms with Gasteiger partial charge in [0.25, 0.3) is 0 Å². The molecule has 0 saturated heterocycles. The highest BCUT2D eigenvalue weighted by atomic mass is 32.2. The van der Waals surface area contributed by atoms with E-state index in [4.69, 9.17) is 11.6 Å².